The van der Waals surface area contributed by atoms with Gasteiger partial charge in [0.15, 0.2) is 5.82 Å². The van der Waals surface area contributed by atoms with E-state index < -0.39 is 5.82 Å². The van der Waals surface area contributed by atoms with E-state index in [0.717, 1.165) is 37.0 Å². The van der Waals surface area contributed by atoms with Crippen LogP contribution in [0.4, 0.5) is 15.8 Å². The summed E-state index contributed by atoms with van der Waals surface area (Å²) in [5.74, 6) is -0.875. The van der Waals surface area contributed by atoms with E-state index in [4.69, 9.17) is 4.74 Å². The number of rotatable bonds is 5. The van der Waals surface area contributed by atoms with Gasteiger partial charge < -0.3 is 20.3 Å². The van der Waals surface area contributed by atoms with Crippen LogP contribution in [0.25, 0.3) is 21.8 Å². The van der Waals surface area contributed by atoms with Crippen LogP contribution >= 0.6 is 0 Å². The van der Waals surface area contributed by atoms with Crippen LogP contribution in [0.3, 0.4) is 0 Å². The number of ether oxygens (including phenoxy) is 1. The van der Waals surface area contributed by atoms with Gasteiger partial charge in [0.25, 0.3) is 5.91 Å². The van der Waals surface area contributed by atoms with Gasteiger partial charge in [0.1, 0.15) is 11.6 Å². The maximum absolute atomic E-state index is 14.6. The molecule has 0 spiro atoms. The summed E-state index contributed by atoms with van der Waals surface area (Å²) in [4.78, 5) is 24.8. The molecule has 36 heavy (non-hydrogen) atoms. The highest BCUT2D eigenvalue weighted by Crippen LogP contribution is 2.32. The van der Waals surface area contributed by atoms with E-state index in [9.17, 15) is 9.18 Å². The predicted octanol–water partition coefficient (Wildman–Crippen LogP) is 3.64. The molecule has 1 amide bonds. The van der Waals surface area contributed by atoms with E-state index in [2.05, 4.69) is 44.4 Å². The van der Waals surface area contributed by atoms with Crippen molar-refractivity contribution in [3.8, 4) is 6.01 Å². The Morgan fingerprint density at radius 2 is 1.94 bits per heavy atom. The Bertz CT molecular complexity index is 1470. The average Bonchev–Trinajstić information content (AvgIpc) is 3.55. The normalized spacial score (nSPS) is 20.2. The third kappa shape index (κ3) is 4.32. The first kappa shape index (κ1) is 22.7. The molecule has 1 saturated carbocycles. The molecular weight excluding hydrogens is 461 g/mol. The molecule has 9 nitrogen and oxygen atoms in total. The van der Waals surface area contributed by atoms with Crippen LogP contribution in [0, 0.1) is 5.82 Å². The van der Waals surface area contributed by atoms with Gasteiger partial charge in [0.05, 0.1) is 11.1 Å². The van der Waals surface area contributed by atoms with Gasteiger partial charge in [-0.3, -0.25) is 9.48 Å². The maximum atomic E-state index is 14.6. The molecule has 0 unspecified atom stereocenters. The van der Waals surface area contributed by atoms with E-state index in [1.807, 2.05) is 6.07 Å². The molecule has 2 aromatic heterocycles. The number of nitrogens with zero attached hydrogens (tertiary/aromatic N) is 5. The minimum atomic E-state index is -0.493. The lowest BCUT2D eigenvalue weighted by atomic mass is 10.0. The first-order chi connectivity index (χ1) is 17.3. The molecule has 2 aliphatic rings. The molecular formula is C26H28FN7O2. The standard InChI is InChI=1S/C26H28FN7O2/c1-14-11-34(12-15(2)29-14)22-7-6-19(24-20(22)10-28-26(31-24)36-18-4-5-18)25(35)30-17-8-16-13-33(3)32-23(16)21(27)9-17/h6-10,13-15,18,29H,4-5,11-12H2,1-3H3,(H,30,35)/t14-,15-/m1/s1. The number of carbonyl (C=O) groups is 1. The van der Waals surface area contributed by atoms with Crippen molar-refractivity contribution < 1.29 is 13.9 Å². The molecule has 186 valence electrons. The summed E-state index contributed by atoms with van der Waals surface area (Å²) in [6.07, 6.45) is 5.54. The summed E-state index contributed by atoms with van der Waals surface area (Å²) in [5, 5.41) is 11.9. The minimum Gasteiger partial charge on any atom is -0.460 e. The fourth-order valence-electron chi connectivity index (χ4n) is 4.95. The Kier molecular flexibility index (Phi) is 5.48. The third-order valence-corrected chi connectivity index (χ3v) is 6.58. The van der Waals surface area contributed by atoms with Gasteiger partial charge in [0, 0.05) is 66.8 Å². The van der Waals surface area contributed by atoms with E-state index in [1.165, 1.54) is 6.07 Å². The van der Waals surface area contributed by atoms with E-state index >= 15 is 0 Å². The van der Waals surface area contributed by atoms with Gasteiger partial charge in [-0.2, -0.15) is 10.1 Å². The molecule has 6 rings (SSSR count). The molecule has 2 fully saturated rings. The smallest absolute Gasteiger partial charge is 0.317 e. The summed E-state index contributed by atoms with van der Waals surface area (Å²) in [6, 6.07) is 7.62. The van der Waals surface area contributed by atoms with Crippen molar-refractivity contribution in [1.29, 1.82) is 0 Å². The number of hydrogen-bond donors (Lipinski definition) is 2. The molecule has 2 atom stereocenters. The van der Waals surface area contributed by atoms with Crippen LogP contribution in [0.5, 0.6) is 6.01 Å². The first-order valence-corrected chi connectivity index (χ1v) is 12.3. The van der Waals surface area contributed by atoms with Crippen molar-refractivity contribution in [3.63, 3.8) is 0 Å². The number of hydrogen-bond acceptors (Lipinski definition) is 7. The SMILES string of the molecule is C[C@@H]1CN(c2ccc(C(=O)Nc3cc(F)c4nn(C)cc4c3)c3nc(OC4CC4)ncc23)C[C@@H](C)N1. The summed E-state index contributed by atoms with van der Waals surface area (Å²) in [5.41, 5.74) is 2.47. The quantitative estimate of drug-likeness (QED) is 0.442. The van der Waals surface area contributed by atoms with E-state index in [-0.39, 0.29) is 23.5 Å². The highest BCUT2D eigenvalue weighted by Gasteiger charge is 2.27. The van der Waals surface area contributed by atoms with Crippen molar-refractivity contribution in [2.75, 3.05) is 23.3 Å². The van der Waals surface area contributed by atoms with Gasteiger partial charge in [0.2, 0.25) is 0 Å². The lowest BCUT2D eigenvalue weighted by Gasteiger charge is -2.38. The van der Waals surface area contributed by atoms with Crippen molar-refractivity contribution in [2.24, 2.45) is 7.05 Å². The Morgan fingerprint density at radius 1 is 1.17 bits per heavy atom. The van der Waals surface area contributed by atoms with Crippen LogP contribution in [0.2, 0.25) is 0 Å². The van der Waals surface area contributed by atoms with Crippen LogP contribution in [0.15, 0.2) is 36.7 Å². The number of benzene rings is 2. The second kappa shape index (κ2) is 8.70. The molecule has 10 heteroatoms. The molecule has 1 aliphatic carbocycles. The summed E-state index contributed by atoms with van der Waals surface area (Å²) in [7, 11) is 1.73. The molecule has 3 heterocycles. The molecule has 4 aromatic rings. The summed E-state index contributed by atoms with van der Waals surface area (Å²) in [6.45, 7) is 5.97. The molecule has 2 aromatic carbocycles. The second-order valence-corrected chi connectivity index (χ2v) is 9.89. The number of fused-ring (bicyclic) bond motifs is 2. The first-order valence-electron chi connectivity index (χ1n) is 12.3. The number of aryl methyl sites for hydroxylation is 1. The van der Waals surface area contributed by atoms with Gasteiger partial charge in [-0.25, -0.2) is 9.37 Å². The van der Waals surface area contributed by atoms with Crippen molar-refractivity contribution in [2.45, 2.75) is 44.9 Å². The van der Waals surface area contributed by atoms with Crippen LogP contribution in [-0.2, 0) is 7.05 Å². The number of piperazine rings is 1. The Balaban J connectivity index is 1.39. The van der Waals surface area contributed by atoms with Crippen molar-refractivity contribution in [1.82, 2.24) is 25.1 Å². The fraction of sp³-hybridized carbons (Fsp3) is 0.385. The molecule has 1 saturated heterocycles. The third-order valence-electron chi connectivity index (χ3n) is 6.58. The molecule has 0 bridgehead atoms. The zero-order valence-electron chi connectivity index (χ0n) is 20.5. The summed E-state index contributed by atoms with van der Waals surface area (Å²) >= 11 is 0. The van der Waals surface area contributed by atoms with Crippen molar-refractivity contribution in [3.05, 3.63) is 48.0 Å². The van der Waals surface area contributed by atoms with Crippen LogP contribution in [0.1, 0.15) is 37.0 Å². The van der Waals surface area contributed by atoms with Gasteiger partial charge in [-0.05, 0) is 51.0 Å². The van der Waals surface area contributed by atoms with Gasteiger partial charge in [-0.1, -0.05) is 0 Å². The Hall–Kier alpha value is -3.79. The predicted molar refractivity (Wildman–Crippen MR) is 136 cm³/mol. The Morgan fingerprint density at radius 3 is 2.69 bits per heavy atom. The Labute approximate surface area is 207 Å². The number of aromatic nitrogens is 4. The van der Waals surface area contributed by atoms with Gasteiger partial charge in [-0.15, -0.1) is 0 Å². The highest BCUT2D eigenvalue weighted by molar-refractivity contribution is 6.14. The van der Waals surface area contributed by atoms with E-state index in [1.54, 1.807) is 36.3 Å². The number of anilines is 2. The van der Waals surface area contributed by atoms with Crippen LogP contribution in [-0.4, -0.2) is 56.9 Å². The van der Waals surface area contributed by atoms with Crippen molar-refractivity contribution >= 4 is 39.1 Å². The average molecular weight is 490 g/mol. The lowest BCUT2D eigenvalue weighted by Crippen LogP contribution is -2.54. The second-order valence-electron chi connectivity index (χ2n) is 9.89. The fourth-order valence-corrected chi connectivity index (χ4v) is 4.95. The summed E-state index contributed by atoms with van der Waals surface area (Å²) < 4.78 is 22.0. The van der Waals surface area contributed by atoms with E-state index in [0.29, 0.717) is 34.2 Å². The zero-order valence-corrected chi connectivity index (χ0v) is 20.5. The zero-order chi connectivity index (χ0) is 25.0. The largest absolute Gasteiger partial charge is 0.460 e. The minimum absolute atomic E-state index is 0.131. The number of halogens is 1. The monoisotopic (exact) mass is 489 g/mol. The number of nitrogens with one attached hydrogen (secondary N) is 2. The molecule has 0 radical (unpaired) electrons. The maximum Gasteiger partial charge on any atom is 0.317 e. The molecule has 2 N–H and O–H groups in total. The topological polar surface area (TPSA) is 97.2 Å². The number of amides is 1. The highest BCUT2D eigenvalue weighted by atomic mass is 19.1. The van der Waals surface area contributed by atoms with Crippen LogP contribution < -0.4 is 20.3 Å². The lowest BCUT2D eigenvalue weighted by molar-refractivity contribution is 0.102. The molecule has 1 aliphatic heterocycles. The number of carbonyl (C=O) groups excluding carboxylic acids is 1. The van der Waals surface area contributed by atoms with Gasteiger partial charge >= 0.3 is 6.01 Å².